The van der Waals surface area contributed by atoms with Gasteiger partial charge in [-0.25, -0.2) is 4.98 Å². The number of amides is 1. The smallest absolute Gasteiger partial charge is 0.322 e. The van der Waals surface area contributed by atoms with Crippen molar-refractivity contribution in [3.8, 4) is 11.8 Å². The molecule has 1 amide bonds. The first-order valence-corrected chi connectivity index (χ1v) is 5.71. The molecule has 4 N–H and O–H groups in total. The van der Waals surface area contributed by atoms with Crippen molar-refractivity contribution in [1.29, 1.82) is 0 Å². The van der Waals surface area contributed by atoms with E-state index in [0.29, 0.717) is 11.4 Å². The highest BCUT2D eigenvalue weighted by molar-refractivity contribution is 5.95. The van der Waals surface area contributed by atoms with E-state index >= 15 is 0 Å². The molecule has 6 heteroatoms. The lowest BCUT2D eigenvalue weighted by Crippen LogP contribution is -2.12. The summed E-state index contributed by atoms with van der Waals surface area (Å²) in [6.07, 6.45) is 0. The lowest BCUT2D eigenvalue weighted by Gasteiger charge is -2.08. The first kappa shape index (κ1) is 13.0. The molecule has 98 valence electrons. The highest BCUT2D eigenvalue weighted by atomic mass is 16.5. The molecular weight excluding hydrogens is 244 g/mol. The van der Waals surface area contributed by atoms with Crippen LogP contribution in [0.3, 0.4) is 0 Å². The number of aryl methyl sites for hydroxylation is 1. The number of nitrogens with two attached hydrogens (primary N) is 2. The van der Waals surface area contributed by atoms with E-state index in [1.807, 2.05) is 6.92 Å². The highest BCUT2D eigenvalue weighted by Gasteiger charge is 2.11. The van der Waals surface area contributed by atoms with Crippen molar-refractivity contribution >= 4 is 5.91 Å². The molecule has 0 aliphatic heterocycles. The van der Waals surface area contributed by atoms with Crippen LogP contribution < -0.4 is 16.2 Å². The van der Waals surface area contributed by atoms with Crippen LogP contribution in [0.1, 0.15) is 21.7 Å². The number of para-hydroxylation sites is 1. The Hall–Kier alpha value is -2.47. The van der Waals surface area contributed by atoms with Gasteiger partial charge in [0.1, 0.15) is 5.75 Å². The summed E-state index contributed by atoms with van der Waals surface area (Å²) >= 11 is 0. The van der Waals surface area contributed by atoms with Crippen molar-refractivity contribution in [2.24, 2.45) is 11.5 Å². The monoisotopic (exact) mass is 258 g/mol. The summed E-state index contributed by atoms with van der Waals surface area (Å²) in [5, 5.41) is 0. The van der Waals surface area contributed by atoms with Crippen molar-refractivity contribution in [3.05, 3.63) is 47.3 Å². The molecule has 0 spiro atoms. The number of rotatable bonds is 4. The Labute approximate surface area is 110 Å². The molecule has 0 saturated heterocycles. The lowest BCUT2D eigenvalue weighted by molar-refractivity contribution is 0.0998. The molecule has 0 fully saturated rings. The van der Waals surface area contributed by atoms with Crippen molar-refractivity contribution in [3.63, 3.8) is 0 Å². The number of hydrogen-bond donors (Lipinski definition) is 2. The molecule has 19 heavy (non-hydrogen) atoms. The molecule has 0 radical (unpaired) electrons. The standard InChI is InChI=1S/C13H14N4O2/c1-8-6-9(7-14)17-13(16-8)19-11-5-3-2-4-10(11)12(15)18/h2-6H,7,14H2,1H3,(H2,15,18). The number of primary amides is 1. The second-order valence-corrected chi connectivity index (χ2v) is 3.95. The van der Waals surface area contributed by atoms with Crippen LogP contribution in [-0.4, -0.2) is 15.9 Å². The second kappa shape index (κ2) is 5.45. The van der Waals surface area contributed by atoms with Crippen LogP contribution in [0.2, 0.25) is 0 Å². The van der Waals surface area contributed by atoms with E-state index in [4.69, 9.17) is 16.2 Å². The Morgan fingerprint density at radius 2 is 2.05 bits per heavy atom. The molecule has 0 saturated carbocycles. The van der Waals surface area contributed by atoms with Crippen LogP contribution in [0.15, 0.2) is 30.3 Å². The summed E-state index contributed by atoms with van der Waals surface area (Å²) in [7, 11) is 0. The van der Waals surface area contributed by atoms with E-state index in [0.717, 1.165) is 5.69 Å². The predicted molar refractivity (Wildman–Crippen MR) is 69.7 cm³/mol. The van der Waals surface area contributed by atoms with Crippen LogP contribution in [0, 0.1) is 6.92 Å². The zero-order valence-corrected chi connectivity index (χ0v) is 10.5. The van der Waals surface area contributed by atoms with Gasteiger partial charge in [0.25, 0.3) is 5.91 Å². The molecule has 2 rings (SSSR count). The van der Waals surface area contributed by atoms with Gasteiger partial charge in [0.2, 0.25) is 0 Å². The maximum Gasteiger partial charge on any atom is 0.322 e. The maximum absolute atomic E-state index is 11.3. The zero-order valence-electron chi connectivity index (χ0n) is 10.5. The van der Waals surface area contributed by atoms with E-state index < -0.39 is 5.91 Å². The van der Waals surface area contributed by atoms with E-state index in [2.05, 4.69) is 9.97 Å². The quantitative estimate of drug-likeness (QED) is 0.855. The van der Waals surface area contributed by atoms with Crippen LogP contribution in [0.5, 0.6) is 11.8 Å². The molecule has 0 aliphatic carbocycles. The lowest BCUT2D eigenvalue weighted by atomic mass is 10.2. The van der Waals surface area contributed by atoms with Gasteiger partial charge in [-0.2, -0.15) is 4.98 Å². The van der Waals surface area contributed by atoms with Gasteiger partial charge in [-0.1, -0.05) is 12.1 Å². The number of ether oxygens (including phenoxy) is 1. The van der Waals surface area contributed by atoms with Gasteiger partial charge in [0.15, 0.2) is 0 Å². The normalized spacial score (nSPS) is 10.2. The summed E-state index contributed by atoms with van der Waals surface area (Å²) < 4.78 is 5.52. The van der Waals surface area contributed by atoms with Crippen molar-refractivity contribution < 1.29 is 9.53 Å². The zero-order chi connectivity index (χ0) is 13.8. The maximum atomic E-state index is 11.3. The summed E-state index contributed by atoms with van der Waals surface area (Å²) in [4.78, 5) is 19.6. The number of hydrogen-bond acceptors (Lipinski definition) is 5. The third-order valence-corrected chi connectivity index (χ3v) is 2.45. The minimum absolute atomic E-state index is 0.147. The molecule has 2 aromatic rings. The second-order valence-electron chi connectivity index (χ2n) is 3.95. The van der Waals surface area contributed by atoms with Crippen LogP contribution in [-0.2, 0) is 6.54 Å². The van der Waals surface area contributed by atoms with Crippen LogP contribution in [0.25, 0.3) is 0 Å². The summed E-state index contributed by atoms with van der Waals surface area (Å²) in [5.74, 6) is -0.245. The molecule has 1 heterocycles. The highest BCUT2D eigenvalue weighted by Crippen LogP contribution is 2.22. The van der Waals surface area contributed by atoms with Gasteiger partial charge in [0, 0.05) is 12.2 Å². The molecule has 1 aromatic heterocycles. The van der Waals surface area contributed by atoms with Gasteiger partial charge in [-0.3, -0.25) is 4.79 Å². The Morgan fingerprint density at radius 3 is 2.74 bits per heavy atom. The van der Waals surface area contributed by atoms with Gasteiger partial charge >= 0.3 is 6.01 Å². The number of nitrogens with zero attached hydrogens (tertiary/aromatic N) is 2. The molecule has 0 aliphatic rings. The Bertz CT molecular complexity index is 613. The third-order valence-electron chi connectivity index (χ3n) is 2.45. The molecule has 0 unspecified atom stereocenters. The summed E-state index contributed by atoms with van der Waals surface area (Å²) in [6.45, 7) is 2.10. The minimum atomic E-state index is -0.567. The predicted octanol–water partition coefficient (Wildman–Crippen LogP) is 1.13. The van der Waals surface area contributed by atoms with Gasteiger partial charge in [-0.05, 0) is 25.1 Å². The van der Waals surface area contributed by atoms with Crippen molar-refractivity contribution in [2.75, 3.05) is 0 Å². The Kier molecular flexibility index (Phi) is 3.72. The molecule has 0 bridgehead atoms. The van der Waals surface area contributed by atoms with Crippen molar-refractivity contribution in [2.45, 2.75) is 13.5 Å². The fourth-order valence-electron chi connectivity index (χ4n) is 1.61. The van der Waals surface area contributed by atoms with Crippen LogP contribution in [0.4, 0.5) is 0 Å². The van der Waals surface area contributed by atoms with Crippen LogP contribution >= 0.6 is 0 Å². The fourth-order valence-corrected chi connectivity index (χ4v) is 1.61. The van der Waals surface area contributed by atoms with E-state index in [1.54, 1.807) is 30.3 Å². The van der Waals surface area contributed by atoms with Gasteiger partial charge in [-0.15, -0.1) is 0 Å². The number of carbonyl (C=O) groups excluding carboxylic acids is 1. The number of aromatic nitrogens is 2. The van der Waals surface area contributed by atoms with E-state index in [1.165, 1.54) is 0 Å². The fraction of sp³-hybridized carbons (Fsp3) is 0.154. The number of carbonyl (C=O) groups is 1. The minimum Gasteiger partial charge on any atom is -0.423 e. The molecular formula is C13H14N4O2. The average Bonchev–Trinajstić information content (AvgIpc) is 2.38. The largest absolute Gasteiger partial charge is 0.423 e. The molecule has 0 atom stereocenters. The number of benzene rings is 1. The average molecular weight is 258 g/mol. The third kappa shape index (κ3) is 3.05. The Balaban J connectivity index is 2.36. The molecule has 6 nitrogen and oxygen atoms in total. The Morgan fingerprint density at radius 1 is 1.32 bits per heavy atom. The topological polar surface area (TPSA) is 104 Å². The molecule has 1 aromatic carbocycles. The van der Waals surface area contributed by atoms with Gasteiger partial charge < -0.3 is 16.2 Å². The van der Waals surface area contributed by atoms with E-state index in [-0.39, 0.29) is 18.1 Å². The first-order valence-electron chi connectivity index (χ1n) is 5.71. The van der Waals surface area contributed by atoms with E-state index in [9.17, 15) is 4.79 Å². The SMILES string of the molecule is Cc1cc(CN)nc(Oc2ccccc2C(N)=O)n1. The van der Waals surface area contributed by atoms with Gasteiger partial charge in [0.05, 0.1) is 11.3 Å². The summed E-state index contributed by atoms with van der Waals surface area (Å²) in [5.41, 5.74) is 12.5. The summed E-state index contributed by atoms with van der Waals surface area (Å²) in [6, 6.07) is 8.57. The van der Waals surface area contributed by atoms with Crippen molar-refractivity contribution in [1.82, 2.24) is 9.97 Å². The first-order chi connectivity index (χ1) is 9.10.